The van der Waals surface area contributed by atoms with Crippen molar-refractivity contribution in [2.75, 3.05) is 24.3 Å². The van der Waals surface area contributed by atoms with Crippen molar-refractivity contribution in [1.82, 2.24) is 15.2 Å². The van der Waals surface area contributed by atoms with Crippen molar-refractivity contribution in [3.8, 4) is 0 Å². The van der Waals surface area contributed by atoms with E-state index in [1.54, 1.807) is 13.0 Å². The molecule has 0 radical (unpaired) electrons. The molecular formula is C20H19N5O7S3. The number of aliphatic carboxylic acids is 1. The van der Waals surface area contributed by atoms with Crippen molar-refractivity contribution < 1.29 is 33.5 Å². The number of nitrogens with zero attached hydrogens (tertiary/aromatic N) is 3. The molecule has 0 aliphatic carbocycles. The van der Waals surface area contributed by atoms with E-state index >= 15 is 0 Å². The predicted molar refractivity (Wildman–Crippen MR) is 130 cm³/mol. The summed E-state index contributed by atoms with van der Waals surface area (Å²) in [5.41, 5.74) is 5.88. The zero-order valence-electron chi connectivity index (χ0n) is 18.3. The molecule has 4 heterocycles. The number of nitrogens with two attached hydrogens (primary N) is 1. The maximum absolute atomic E-state index is 13.1. The number of aromatic nitrogens is 1. The summed E-state index contributed by atoms with van der Waals surface area (Å²) in [5.74, 6) is -2.15. The van der Waals surface area contributed by atoms with E-state index in [0.717, 1.165) is 28.0 Å². The molecule has 1 saturated heterocycles. The van der Waals surface area contributed by atoms with Gasteiger partial charge in [-0.3, -0.25) is 19.3 Å². The van der Waals surface area contributed by atoms with Crippen molar-refractivity contribution in [3.63, 3.8) is 0 Å². The summed E-state index contributed by atoms with van der Waals surface area (Å²) in [6.07, 6.45) is 1.37. The number of nitrogens with one attached hydrogen (secondary N) is 1. The summed E-state index contributed by atoms with van der Waals surface area (Å²) in [5, 5.41) is 17.6. The number of carboxylic acid groups (broad SMARTS) is 1. The third-order valence-electron chi connectivity index (χ3n) is 5.28. The van der Waals surface area contributed by atoms with Crippen molar-refractivity contribution >= 4 is 68.6 Å². The highest BCUT2D eigenvalue weighted by atomic mass is 32.2. The number of furan rings is 1. The first-order chi connectivity index (χ1) is 16.7. The van der Waals surface area contributed by atoms with Gasteiger partial charge in [0.05, 0.1) is 6.26 Å². The van der Waals surface area contributed by atoms with Crippen molar-refractivity contribution in [3.05, 3.63) is 46.5 Å². The number of carbonyl (C=O) groups is 4. The monoisotopic (exact) mass is 537 g/mol. The van der Waals surface area contributed by atoms with Gasteiger partial charge in [0.2, 0.25) is 0 Å². The second-order valence-electron chi connectivity index (χ2n) is 7.43. The Hall–Kier alpha value is -3.30. The van der Waals surface area contributed by atoms with Crippen LogP contribution in [0.4, 0.5) is 5.13 Å². The standard InChI is InChI=1S/C20H19N5O7S3/c1-20-14(23-15(26)12(24-31-2)10-8-34-19(21)22-10)16(27)25(20)13(17(28)29)9(7-35-20)6-33-18(30)11-4-3-5-32-11/h3-5,8,14H,6-7H2,1-2H3,(H2,21,22)(H,23,26)(H,28,29)/b24-12-/t14-,20-/m1/s1. The van der Waals surface area contributed by atoms with E-state index in [1.807, 2.05) is 0 Å². The minimum atomic E-state index is -1.30. The van der Waals surface area contributed by atoms with Crippen LogP contribution in [0.25, 0.3) is 0 Å². The summed E-state index contributed by atoms with van der Waals surface area (Å²) in [6, 6.07) is 2.07. The summed E-state index contributed by atoms with van der Waals surface area (Å²) in [7, 11) is 1.26. The van der Waals surface area contributed by atoms with Gasteiger partial charge in [-0.05, 0) is 24.6 Å². The topological polar surface area (TPSA) is 177 Å². The molecular weight excluding hydrogens is 518 g/mol. The Balaban J connectivity index is 1.52. The Labute approximate surface area is 210 Å². The molecule has 1 fully saturated rings. The average Bonchev–Trinajstić information content (AvgIpc) is 3.51. The van der Waals surface area contributed by atoms with E-state index in [4.69, 9.17) is 15.0 Å². The number of hydrogen-bond acceptors (Lipinski definition) is 12. The largest absolute Gasteiger partial charge is 0.477 e. The maximum atomic E-state index is 13.1. The van der Waals surface area contributed by atoms with Gasteiger partial charge in [-0.2, -0.15) is 0 Å². The van der Waals surface area contributed by atoms with E-state index in [2.05, 4.69) is 15.5 Å². The van der Waals surface area contributed by atoms with Crippen LogP contribution in [0.2, 0.25) is 0 Å². The number of carboxylic acids is 1. The quantitative estimate of drug-likeness (QED) is 0.252. The predicted octanol–water partition coefficient (Wildman–Crippen LogP) is 1.37. The highest BCUT2D eigenvalue weighted by Gasteiger charge is 2.63. The zero-order valence-corrected chi connectivity index (χ0v) is 20.8. The fourth-order valence-corrected chi connectivity index (χ4v) is 6.46. The van der Waals surface area contributed by atoms with Gasteiger partial charge in [0, 0.05) is 16.9 Å². The summed E-state index contributed by atoms with van der Waals surface area (Å²) >= 11 is 3.29. The fourth-order valence-electron chi connectivity index (χ4n) is 3.64. The normalized spacial score (nSPS) is 21.9. The SMILES string of the molecule is CO/N=C(\C(=O)N[C@@H]1C(=O)N2C(C(=O)O)=C(CSC(=O)c3ccco3)CS[C@]12C)c1csc(N)n1. The third-order valence-corrected chi connectivity index (χ3v) is 8.41. The third kappa shape index (κ3) is 4.53. The molecule has 0 spiro atoms. The van der Waals surface area contributed by atoms with Crippen LogP contribution < -0.4 is 11.1 Å². The molecule has 0 saturated carbocycles. The summed E-state index contributed by atoms with van der Waals surface area (Å²) in [4.78, 5) is 59.2. The van der Waals surface area contributed by atoms with Gasteiger partial charge in [-0.15, -0.1) is 23.1 Å². The fraction of sp³-hybridized carbons (Fsp3) is 0.300. The number of anilines is 1. The molecule has 2 amide bonds. The van der Waals surface area contributed by atoms with Crippen LogP contribution in [0.5, 0.6) is 0 Å². The van der Waals surface area contributed by atoms with E-state index in [0.29, 0.717) is 5.57 Å². The van der Waals surface area contributed by atoms with Gasteiger partial charge in [-0.25, -0.2) is 9.78 Å². The lowest BCUT2D eigenvalue weighted by Crippen LogP contribution is -2.77. The van der Waals surface area contributed by atoms with E-state index in [9.17, 15) is 24.3 Å². The Morgan fingerprint density at radius 3 is 2.86 bits per heavy atom. The lowest BCUT2D eigenvalue weighted by molar-refractivity contribution is -0.155. The van der Waals surface area contributed by atoms with Crippen molar-refractivity contribution in [1.29, 1.82) is 0 Å². The molecule has 0 aromatic carbocycles. The number of fused-ring (bicyclic) bond motifs is 1. The molecule has 35 heavy (non-hydrogen) atoms. The Morgan fingerprint density at radius 1 is 1.49 bits per heavy atom. The number of β-lactam (4-membered cyclic amide) rings is 1. The van der Waals surface area contributed by atoms with Crippen molar-refractivity contribution in [2.45, 2.75) is 17.8 Å². The highest BCUT2D eigenvalue weighted by molar-refractivity contribution is 8.14. The van der Waals surface area contributed by atoms with Crippen LogP contribution in [0.3, 0.4) is 0 Å². The molecule has 2 aromatic rings. The molecule has 2 aromatic heterocycles. The van der Waals surface area contributed by atoms with Gasteiger partial charge >= 0.3 is 5.97 Å². The first kappa shape index (κ1) is 24.8. The van der Waals surface area contributed by atoms with Crippen LogP contribution in [0.15, 0.2) is 44.6 Å². The van der Waals surface area contributed by atoms with Gasteiger partial charge < -0.3 is 25.4 Å². The van der Waals surface area contributed by atoms with E-state index < -0.39 is 28.7 Å². The van der Waals surface area contributed by atoms with Gasteiger partial charge in [0.25, 0.3) is 16.9 Å². The van der Waals surface area contributed by atoms with Crippen LogP contribution in [0, 0.1) is 0 Å². The molecule has 2 atom stereocenters. The molecule has 184 valence electrons. The second-order valence-corrected chi connectivity index (χ2v) is 10.7. The molecule has 2 aliphatic heterocycles. The molecule has 2 aliphatic rings. The smallest absolute Gasteiger partial charge is 0.352 e. The number of oxime groups is 1. The highest BCUT2D eigenvalue weighted by Crippen LogP contribution is 2.49. The number of thiazole rings is 1. The number of rotatable bonds is 8. The first-order valence-electron chi connectivity index (χ1n) is 9.94. The van der Waals surface area contributed by atoms with Crippen molar-refractivity contribution in [2.24, 2.45) is 5.16 Å². The first-order valence-corrected chi connectivity index (χ1v) is 12.8. The van der Waals surface area contributed by atoms with Crippen LogP contribution in [0.1, 0.15) is 23.2 Å². The zero-order chi connectivity index (χ0) is 25.3. The number of amides is 2. The number of hydrogen-bond donors (Lipinski definition) is 3. The van der Waals surface area contributed by atoms with Gasteiger partial charge in [0.1, 0.15) is 29.4 Å². The minimum absolute atomic E-state index is 0.0704. The van der Waals surface area contributed by atoms with Gasteiger partial charge in [0.15, 0.2) is 16.6 Å². The van der Waals surface area contributed by atoms with Crippen LogP contribution in [-0.4, -0.2) is 73.1 Å². The number of nitrogen functional groups attached to an aromatic ring is 1. The Bertz CT molecular complexity index is 1260. The Kier molecular flexibility index (Phi) is 6.91. The average molecular weight is 538 g/mol. The molecule has 0 unspecified atom stereocenters. The molecule has 0 bridgehead atoms. The number of carbonyl (C=O) groups excluding carboxylic acids is 3. The van der Waals surface area contributed by atoms with Crippen LogP contribution >= 0.6 is 34.9 Å². The Morgan fingerprint density at radius 2 is 2.26 bits per heavy atom. The van der Waals surface area contributed by atoms with E-state index in [1.165, 1.54) is 36.6 Å². The van der Waals surface area contributed by atoms with Crippen LogP contribution in [-0.2, 0) is 19.2 Å². The lowest BCUT2D eigenvalue weighted by atomic mass is 9.92. The van der Waals surface area contributed by atoms with E-state index in [-0.39, 0.29) is 44.6 Å². The molecule has 4 N–H and O–H groups in total. The molecule has 12 nitrogen and oxygen atoms in total. The minimum Gasteiger partial charge on any atom is -0.477 e. The maximum Gasteiger partial charge on any atom is 0.352 e. The number of thioether (sulfide) groups is 2. The lowest BCUT2D eigenvalue weighted by Gasteiger charge is -2.57. The molecule has 15 heteroatoms. The molecule has 4 rings (SSSR count). The second kappa shape index (κ2) is 9.75. The summed E-state index contributed by atoms with van der Waals surface area (Å²) in [6.45, 7) is 1.67. The van der Waals surface area contributed by atoms with Gasteiger partial charge in [-0.1, -0.05) is 16.9 Å². The summed E-state index contributed by atoms with van der Waals surface area (Å²) < 4.78 is 5.07.